The van der Waals surface area contributed by atoms with Gasteiger partial charge in [-0.25, -0.2) is 23.1 Å². The summed E-state index contributed by atoms with van der Waals surface area (Å²) < 4.78 is 111. The van der Waals surface area contributed by atoms with Gasteiger partial charge in [0.15, 0.2) is 0 Å². The maximum atomic E-state index is 14.5. The predicted molar refractivity (Wildman–Crippen MR) is 211 cm³/mol. The molecule has 5 rings (SSSR count). The van der Waals surface area contributed by atoms with E-state index in [0.29, 0.717) is 36.3 Å². The fourth-order valence-corrected chi connectivity index (χ4v) is 7.10. The van der Waals surface area contributed by atoms with Crippen LogP contribution in [-0.4, -0.2) is 90.1 Å². The maximum absolute atomic E-state index is 14.5. The van der Waals surface area contributed by atoms with Crippen LogP contribution in [0.1, 0.15) is 6.92 Å². The van der Waals surface area contributed by atoms with Crippen molar-refractivity contribution in [3.63, 3.8) is 0 Å². The van der Waals surface area contributed by atoms with Crippen LogP contribution in [-0.2, 0) is 53.3 Å². The van der Waals surface area contributed by atoms with E-state index < -0.39 is 53.7 Å². The molecule has 0 atom stereocenters. The number of rotatable bonds is 18. The average molecular weight is 939 g/mol. The van der Waals surface area contributed by atoms with Crippen molar-refractivity contribution in [2.24, 2.45) is 10.2 Å². The Balaban J connectivity index is 0.000000633. The highest BCUT2D eigenvalue weighted by Crippen LogP contribution is 2.46. The van der Waals surface area contributed by atoms with Gasteiger partial charge in [-0.1, -0.05) is 28.3 Å². The van der Waals surface area contributed by atoms with Crippen LogP contribution in [0.4, 0.5) is 44.7 Å². The zero-order chi connectivity index (χ0) is 44.3. The van der Waals surface area contributed by atoms with E-state index in [1.165, 1.54) is 30.3 Å². The number of anilines is 5. The standard InChI is InChI=1S/C27H23FN8O10S3.C3H8O6S2/c1-2-36(16-6-4-3-5-7-16)27-32-25(28)31-26(33-27)30-15-8-9-18(21(12-15)49(40,41)42)34-35-24-22-14(11-20(23(24)29)48-46-44-39)10-17(13-19(22)37)47-45-43-38;1-10(4,5)3-2-9-11(6,7)8/h3-13,37-39H,2,29H2,1H3,(H,40,41,42)(H,30,31,32,33);2-3H2,1H3,(H,6,7,8). The monoisotopic (exact) mass is 938 g/mol. The highest BCUT2D eigenvalue weighted by Gasteiger charge is 2.21. The number of nitrogens with two attached hydrogens (primary N) is 1. The number of nitrogen functional groups attached to an aromatic ring is 1. The summed E-state index contributed by atoms with van der Waals surface area (Å²) in [6, 6.07) is 16.6. The highest BCUT2D eigenvalue weighted by molar-refractivity contribution is 7.95. The zero-order valence-electron chi connectivity index (χ0n) is 30.4. The summed E-state index contributed by atoms with van der Waals surface area (Å²) in [5.41, 5.74) is 6.28. The molecule has 0 unspecified atom stereocenters. The van der Waals surface area contributed by atoms with Crippen molar-refractivity contribution in [1.82, 2.24) is 15.0 Å². The zero-order valence-corrected chi connectivity index (χ0v) is 34.5. The first-order valence-electron chi connectivity index (χ1n) is 16.0. The first kappa shape index (κ1) is 47.7. The van der Waals surface area contributed by atoms with Gasteiger partial charge in [0.2, 0.25) is 11.9 Å². The number of azo groups is 1. The SMILES string of the molecule is CCN(c1ccccc1)c1nc(F)nc(Nc2ccc(N=Nc3c(N)c(SOOO)cc4cc(SOOO)cc(O)c34)c(S(=O)(=O)O)c2)n1.CS(=O)(=O)CCOS(=O)(=O)O. The summed E-state index contributed by atoms with van der Waals surface area (Å²) in [5.74, 6) is -1.11. The molecule has 60 heavy (non-hydrogen) atoms. The molecule has 0 saturated heterocycles. The fourth-order valence-electron chi connectivity index (χ4n) is 4.76. The van der Waals surface area contributed by atoms with Crippen molar-refractivity contribution >= 4 is 106 Å². The minimum Gasteiger partial charge on any atom is -0.507 e. The Bertz CT molecular complexity index is 2640. The molecule has 0 amide bonds. The van der Waals surface area contributed by atoms with Crippen molar-refractivity contribution in [3.05, 3.63) is 72.8 Å². The number of para-hydroxylation sites is 1. The van der Waals surface area contributed by atoms with Crippen LogP contribution in [0, 0.1) is 6.08 Å². The molecule has 0 aliphatic rings. The molecule has 0 aliphatic carbocycles. The third-order valence-electron chi connectivity index (χ3n) is 7.14. The summed E-state index contributed by atoms with van der Waals surface area (Å²) in [5, 5.41) is 46.2. The second-order valence-corrected chi connectivity index (χ2v) is 17.6. The van der Waals surface area contributed by atoms with Gasteiger partial charge in [-0.2, -0.15) is 36.2 Å². The number of hydrogen-bond donors (Lipinski definition) is 7. The molecule has 0 radical (unpaired) electrons. The number of fused-ring (bicyclic) bond motifs is 1. The number of halogens is 1. The van der Waals surface area contributed by atoms with Gasteiger partial charge >= 0.3 is 16.5 Å². The lowest BCUT2D eigenvalue weighted by Gasteiger charge is -2.21. The minimum atomic E-state index is -4.95. The van der Waals surface area contributed by atoms with Crippen LogP contribution >= 0.6 is 24.1 Å². The van der Waals surface area contributed by atoms with Crippen molar-refractivity contribution in [3.8, 4) is 5.75 Å². The van der Waals surface area contributed by atoms with E-state index in [1.807, 2.05) is 13.0 Å². The molecular formula is C30H31FN8O16S5. The van der Waals surface area contributed by atoms with E-state index in [4.69, 9.17) is 20.8 Å². The Hall–Kier alpha value is -4.93. The largest absolute Gasteiger partial charge is 0.507 e. The van der Waals surface area contributed by atoms with Crippen LogP contribution in [0.3, 0.4) is 0 Å². The summed E-state index contributed by atoms with van der Waals surface area (Å²) in [7, 11) is -12.7. The number of aromatic hydroxyl groups is 1. The van der Waals surface area contributed by atoms with E-state index in [2.05, 4.69) is 53.4 Å². The van der Waals surface area contributed by atoms with E-state index in [9.17, 15) is 39.3 Å². The smallest absolute Gasteiger partial charge is 0.397 e. The quantitative estimate of drug-likeness (QED) is 0.0138. The molecule has 1 aromatic heterocycles. The van der Waals surface area contributed by atoms with E-state index in [-0.39, 0.29) is 61.0 Å². The Labute approximate surface area is 347 Å². The molecular weight excluding hydrogens is 908 g/mol. The molecule has 0 aliphatic heterocycles. The second kappa shape index (κ2) is 21.0. The van der Waals surface area contributed by atoms with Gasteiger partial charge < -0.3 is 21.1 Å². The van der Waals surface area contributed by atoms with Crippen molar-refractivity contribution in [2.75, 3.05) is 41.1 Å². The lowest BCUT2D eigenvalue weighted by Crippen LogP contribution is -2.20. The molecule has 0 saturated carbocycles. The molecule has 4 aromatic carbocycles. The van der Waals surface area contributed by atoms with Gasteiger partial charge in [0.25, 0.3) is 10.1 Å². The molecule has 30 heteroatoms. The van der Waals surface area contributed by atoms with Crippen LogP contribution in [0.5, 0.6) is 5.75 Å². The number of sulfone groups is 1. The van der Waals surface area contributed by atoms with Crippen molar-refractivity contribution in [2.45, 2.75) is 21.6 Å². The van der Waals surface area contributed by atoms with Crippen LogP contribution < -0.4 is 16.0 Å². The van der Waals surface area contributed by atoms with Crippen LogP contribution in [0.15, 0.2) is 91.6 Å². The number of hydrogen-bond acceptors (Lipinski definition) is 24. The Morgan fingerprint density at radius 3 is 2.20 bits per heavy atom. The molecule has 24 nitrogen and oxygen atoms in total. The third kappa shape index (κ3) is 14.1. The number of nitrogens with zero attached hydrogens (tertiary/aromatic N) is 6. The summed E-state index contributed by atoms with van der Waals surface area (Å²) in [6.07, 6.45) is -0.174. The molecule has 5 aromatic rings. The van der Waals surface area contributed by atoms with Gasteiger partial charge in [0.1, 0.15) is 31.9 Å². The minimum absolute atomic E-state index is 0.0199. The van der Waals surface area contributed by atoms with Gasteiger partial charge in [-0.15, -0.1) is 18.9 Å². The first-order chi connectivity index (χ1) is 28.2. The normalized spacial score (nSPS) is 12.1. The molecule has 0 spiro atoms. The average Bonchev–Trinajstić information content (AvgIpc) is 3.16. The number of aromatic nitrogens is 3. The Morgan fingerprint density at radius 2 is 1.58 bits per heavy atom. The molecule has 1 heterocycles. The maximum Gasteiger partial charge on any atom is 0.397 e. The topological polar surface area (TPSA) is 354 Å². The summed E-state index contributed by atoms with van der Waals surface area (Å²) in [6.45, 7) is 1.64. The van der Waals surface area contributed by atoms with Crippen LogP contribution in [0.2, 0.25) is 0 Å². The van der Waals surface area contributed by atoms with E-state index in [0.717, 1.165) is 12.3 Å². The number of phenolic OH excluding ortho intramolecular Hbond substituents is 1. The van der Waals surface area contributed by atoms with Gasteiger partial charge in [0.05, 0.1) is 52.4 Å². The van der Waals surface area contributed by atoms with Gasteiger partial charge in [-0.3, -0.25) is 9.11 Å². The molecule has 324 valence electrons. The fraction of sp³-hybridized carbons (Fsp3) is 0.167. The first-order valence-corrected chi connectivity index (χ1v) is 22.3. The van der Waals surface area contributed by atoms with Gasteiger partial charge in [-0.05, 0) is 60.8 Å². The summed E-state index contributed by atoms with van der Waals surface area (Å²) >= 11 is 1.01. The van der Waals surface area contributed by atoms with Gasteiger partial charge in [0, 0.05) is 29.1 Å². The number of benzene rings is 4. The van der Waals surface area contributed by atoms with Crippen molar-refractivity contribution < 1.29 is 77.3 Å². The third-order valence-corrected chi connectivity index (χ3v) is 10.6. The van der Waals surface area contributed by atoms with E-state index in [1.54, 1.807) is 29.2 Å². The lowest BCUT2D eigenvalue weighted by molar-refractivity contribution is -0.432. The number of nitrogens with one attached hydrogen (secondary N) is 1. The Morgan fingerprint density at radius 1 is 0.900 bits per heavy atom. The molecule has 8 N–H and O–H groups in total. The summed E-state index contributed by atoms with van der Waals surface area (Å²) in [4.78, 5) is 13.0. The lowest BCUT2D eigenvalue weighted by atomic mass is 10.1. The highest BCUT2D eigenvalue weighted by atomic mass is 32.3. The van der Waals surface area contributed by atoms with E-state index >= 15 is 0 Å². The predicted octanol–water partition coefficient (Wildman–Crippen LogP) is 5.72. The molecule has 0 bridgehead atoms. The van der Waals surface area contributed by atoms with Crippen LogP contribution in [0.25, 0.3) is 10.8 Å². The second-order valence-electron chi connectivity index (χ2n) is 11.3. The van der Waals surface area contributed by atoms with Crippen molar-refractivity contribution in [1.29, 1.82) is 0 Å². The molecule has 0 fully saturated rings. The Kier molecular flexibility index (Phi) is 16.7. The number of phenols is 1.